The van der Waals surface area contributed by atoms with E-state index in [4.69, 9.17) is 4.74 Å². The molecule has 0 saturated carbocycles. The molecule has 3 aromatic carbocycles. The quantitative estimate of drug-likeness (QED) is 0.321. The number of aromatic nitrogens is 2. The van der Waals surface area contributed by atoms with E-state index in [9.17, 15) is 9.90 Å². The number of hydrogen-bond acceptors (Lipinski definition) is 5. The number of carbonyl (C=O) groups is 1. The van der Waals surface area contributed by atoms with Gasteiger partial charge in [0.05, 0.1) is 23.5 Å². The number of carbonyl (C=O) groups excluding carboxylic acids is 1. The molecular weight excluding hydrogens is 486 g/mol. The minimum absolute atomic E-state index is 0.499. The highest BCUT2D eigenvalue weighted by molar-refractivity contribution is 5.74. The smallest absolute Gasteiger partial charge is 0.420 e. The maximum absolute atomic E-state index is 12.8. The number of rotatable bonds is 5. The molecule has 6 nitrogen and oxygen atoms in total. The van der Waals surface area contributed by atoms with E-state index in [1.54, 1.807) is 6.20 Å². The molecule has 0 radical (unpaired) electrons. The first kappa shape index (κ1) is 26.6. The summed E-state index contributed by atoms with van der Waals surface area (Å²) in [6.07, 6.45) is 4.38. The summed E-state index contributed by atoms with van der Waals surface area (Å²) in [6.45, 7) is 6.68. The fraction of sp³-hybridized carbons (Fsp3) is 0.273. The Bertz CT molecular complexity index is 1330. The molecule has 1 aromatic heterocycles. The maximum atomic E-state index is 12.8. The van der Waals surface area contributed by atoms with Crippen LogP contribution in [0.15, 0.2) is 109 Å². The first-order valence-corrected chi connectivity index (χ1v) is 13.3. The molecule has 0 bridgehead atoms. The minimum atomic E-state index is -0.636. The highest BCUT2D eigenvalue weighted by Gasteiger charge is 2.44. The van der Waals surface area contributed by atoms with Gasteiger partial charge in [-0.2, -0.15) is 0 Å². The van der Waals surface area contributed by atoms with Crippen molar-refractivity contribution in [1.29, 1.82) is 0 Å². The van der Waals surface area contributed by atoms with Crippen LogP contribution in [0.4, 0.5) is 4.79 Å². The van der Waals surface area contributed by atoms with Gasteiger partial charge < -0.3 is 9.84 Å². The van der Waals surface area contributed by atoms with Crippen molar-refractivity contribution in [3.05, 3.63) is 131 Å². The lowest BCUT2D eigenvalue weighted by atomic mass is 9.74. The number of likely N-dealkylation sites (tertiary alicyclic amines) is 1. The van der Waals surface area contributed by atoms with Gasteiger partial charge in [-0.05, 0) is 55.5 Å². The number of piperidine rings is 1. The van der Waals surface area contributed by atoms with Crippen LogP contribution in [0.2, 0.25) is 0 Å². The molecule has 1 saturated heterocycles. The minimum Gasteiger partial charge on any atom is -0.443 e. The van der Waals surface area contributed by atoms with Gasteiger partial charge in [0.25, 0.3) is 0 Å². The van der Waals surface area contributed by atoms with Crippen molar-refractivity contribution in [2.75, 3.05) is 13.1 Å². The molecule has 2 heterocycles. The van der Waals surface area contributed by atoms with Gasteiger partial charge in [-0.1, -0.05) is 91.0 Å². The van der Waals surface area contributed by atoms with Crippen molar-refractivity contribution in [3.8, 4) is 0 Å². The van der Waals surface area contributed by atoms with Gasteiger partial charge in [-0.3, -0.25) is 4.90 Å². The highest BCUT2D eigenvalue weighted by atomic mass is 16.6. The van der Waals surface area contributed by atoms with Crippen LogP contribution >= 0.6 is 0 Å². The lowest BCUT2D eigenvalue weighted by molar-refractivity contribution is 0.0535. The van der Waals surface area contributed by atoms with Crippen molar-refractivity contribution < 1.29 is 14.6 Å². The van der Waals surface area contributed by atoms with Gasteiger partial charge in [-0.25, -0.2) is 14.3 Å². The summed E-state index contributed by atoms with van der Waals surface area (Å²) in [5, 5.41) is 11.1. The number of ether oxygens (including phenoxy) is 1. The summed E-state index contributed by atoms with van der Waals surface area (Å²) >= 11 is 0. The van der Waals surface area contributed by atoms with E-state index in [2.05, 4.69) is 82.7 Å². The second kappa shape index (κ2) is 11.0. The van der Waals surface area contributed by atoms with E-state index < -0.39 is 23.3 Å². The highest BCUT2D eigenvalue weighted by Crippen LogP contribution is 2.44. The first-order chi connectivity index (χ1) is 18.8. The number of imidazole rings is 1. The fourth-order valence-corrected chi connectivity index (χ4v) is 5.45. The summed E-state index contributed by atoms with van der Waals surface area (Å²) < 4.78 is 6.96. The van der Waals surface area contributed by atoms with Crippen LogP contribution in [0.5, 0.6) is 0 Å². The van der Waals surface area contributed by atoms with Crippen LogP contribution in [0.25, 0.3) is 6.08 Å². The summed E-state index contributed by atoms with van der Waals surface area (Å²) in [7, 11) is 0. The van der Waals surface area contributed by atoms with Crippen molar-refractivity contribution >= 4 is 12.2 Å². The van der Waals surface area contributed by atoms with Gasteiger partial charge >= 0.3 is 6.09 Å². The number of nitrogens with zero attached hydrogens (tertiary/aromatic N) is 3. The summed E-state index contributed by atoms with van der Waals surface area (Å²) in [5.74, 6) is 0. The van der Waals surface area contributed by atoms with Gasteiger partial charge in [0.2, 0.25) is 0 Å². The lowest BCUT2D eigenvalue weighted by Crippen LogP contribution is -2.52. The van der Waals surface area contributed by atoms with E-state index in [0.717, 1.165) is 22.3 Å². The number of aliphatic hydroxyl groups excluding tert-OH is 1. The molecule has 0 aliphatic carbocycles. The molecule has 1 aliphatic heterocycles. The van der Waals surface area contributed by atoms with Crippen molar-refractivity contribution in [2.45, 2.75) is 44.4 Å². The Kier molecular flexibility index (Phi) is 7.51. The number of aliphatic hydroxyl groups is 1. The Hall–Kier alpha value is -4.00. The average molecular weight is 522 g/mol. The summed E-state index contributed by atoms with van der Waals surface area (Å²) in [6, 6.07) is 31.6. The summed E-state index contributed by atoms with van der Waals surface area (Å²) in [5.41, 5.74) is 3.62. The zero-order valence-corrected chi connectivity index (χ0v) is 22.7. The van der Waals surface area contributed by atoms with E-state index in [1.807, 2.05) is 45.0 Å². The Morgan fingerprint density at radius 2 is 1.41 bits per heavy atom. The van der Waals surface area contributed by atoms with E-state index in [-0.39, 0.29) is 0 Å². The van der Waals surface area contributed by atoms with E-state index in [1.165, 1.54) is 10.9 Å². The zero-order chi connectivity index (χ0) is 27.5. The standard InChI is InChI=1S/C33H35N3O3/c1-32(2,3)39-31(38)36-24-34-22-29(36)21-25-23-35(20-19-30(25)37)33(26-13-7-4-8-14-26,27-15-9-5-10-16-27)28-17-11-6-12-18-28/h4-18,21-22,24,30,37H,19-20,23H2,1-3H3. The molecule has 200 valence electrons. The molecule has 6 heteroatoms. The third kappa shape index (κ3) is 5.44. The largest absolute Gasteiger partial charge is 0.443 e. The third-order valence-electron chi connectivity index (χ3n) is 7.11. The number of hydrogen-bond donors (Lipinski definition) is 1. The Balaban J connectivity index is 1.62. The molecule has 1 atom stereocenters. The Morgan fingerprint density at radius 1 is 0.897 bits per heavy atom. The molecule has 0 spiro atoms. The maximum Gasteiger partial charge on any atom is 0.420 e. The van der Waals surface area contributed by atoms with Crippen LogP contribution in [-0.4, -0.2) is 50.4 Å². The molecule has 5 rings (SSSR count). The molecule has 39 heavy (non-hydrogen) atoms. The normalized spacial score (nSPS) is 17.7. The van der Waals surface area contributed by atoms with Crippen molar-refractivity contribution in [2.24, 2.45) is 0 Å². The predicted molar refractivity (Wildman–Crippen MR) is 153 cm³/mol. The van der Waals surface area contributed by atoms with Crippen molar-refractivity contribution in [1.82, 2.24) is 14.5 Å². The lowest BCUT2D eigenvalue weighted by Gasteiger charge is -2.48. The molecular formula is C33H35N3O3. The molecule has 1 N–H and O–H groups in total. The molecule has 1 fully saturated rings. The summed E-state index contributed by atoms with van der Waals surface area (Å²) in [4.78, 5) is 19.5. The third-order valence-corrected chi connectivity index (χ3v) is 7.11. The fourth-order valence-electron chi connectivity index (χ4n) is 5.45. The molecule has 0 amide bonds. The second-order valence-corrected chi connectivity index (χ2v) is 10.9. The van der Waals surface area contributed by atoms with Crippen LogP contribution in [0.1, 0.15) is 49.6 Å². The molecule has 1 aliphatic rings. The topological polar surface area (TPSA) is 67.6 Å². The van der Waals surface area contributed by atoms with Crippen LogP contribution in [0, 0.1) is 0 Å². The van der Waals surface area contributed by atoms with Crippen LogP contribution in [0.3, 0.4) is 0 Å². The molecule has 4 aromatic rings. The number of benzene rings is 3. The van der Waals surface area contributed by atoms with E-state index in [0.29, 0.717) is 25.2 Å². The van der Waals surface area contributed by atoms with Crippen LogP contribution < -0.4 is 0 Å². The Morgan fingerprint density at radius 3 is 1.90 bits per heavy atom. The van der Waals surface area contributed by atoms with Gasteiger partial charge in [0, 0.05) is 13.1 Å². The van der Waals surface area contributed by atoms with Gasteiger partial charge in [-0.15, -0.1) is 0 Å². The average Bonchev–Trinajstić information content (AvgIpc) is 3.40. The SMILES string of the molecule is CC(C)(C)OC(=O)n1cncc1C=C1CN(C(c2ccccc2)(c2ccccc2)c2ccccc2)CCC1O. The zero-order valence-electron chi connectivity index (χ0n) is 22.7. The van der Waals surface area contributed by atoms with E-state index >= 15 is 0 Å². The van der Waals surface area contributed by atoms with Gasteiger partial charge in [0.15, 0.2) is 0 Å². The van der Waals surface area contributed by atoms with Crippen LogP contribution in [-0.2, 0) is 10.3 Å². The van der Waals surface area contributed by atoms with Crippen molar-refractivity contribution in [3.63, 3.8) is 0 Å². The first-order valence-electron chi connectivity index (χ1n) is 13.3. The second-order valence-electron chi connectivity index (χ2n) is 10.9. The predicted octanol–water partition coefficient (Wildman–Crippen LogP) is 6.11. The Labute approximate surface area is 230 Å². The monoisotopic (exact) mass is 521 g/mol. The molecule has 1 unspecified atom stereocenters. The van der Waals surface area contributed by atoms with Gasteiger partial charge in [0.1, 0.15) is 11.9 Å².